The number of nitrogens with one attached hydrogen (secondary N) is 1. The number of carboxylic acid groups (broad SMARTS) is 1. The number of carboxylic acids is 1. The van der Waals surface area contributed by atoms with E-state index in [4.69, 9.17) is 16.7 Å². The van der Waals surface area contributed by atoms with Crippen LogP contribution < -0.4 is 0 Å². The van der Waals surface area contributed by atoms with Crippen molar-refractivity contribution in [1.82, 2.24) is 15.0 Å². The number of fused-ring (bicyclic) bond motifs is 1. The number of carbonyl (C=O) groups is 1. The maximum atomic E-state index is 10.9. The van der Waals surface area contributed by atoms with Crippen LogP contribution in [0.5, 0.6) is 0 Å². The molecule has 0 unspecified atom stereocenters. The Kier molecular flexibility index (Phi) is 3.35. The molecule has 3 aromatic rings. The maximum absolute atomic E-state index is 10.9. The zero-order chi connectivity index (χ0) is 15.0. The van der Waals surface area contributed by atoms with E-state index in [0.29, 0.717) is 16.5 Å². The molecule has 1 aromatic carbocycles. The van der Waals surface area contributed by atoms with E-state index in [0.717, 1.165) is 23.1 Å². The van der Waals surface area contributed by atoms with E-state index in [2.05, 4.69) is 15.0 Å². The third-order valence-corrected chi connectivity index (χ3v) is 3.66. The lowest BCUT2D eigenvalue weighted by Crippen LogP contribution is -1.95. The Morgan fingerprint density at radius 2 is 2.05 bits per heavy atom. The van der Waals surface area contributed by atoms with Crippen molar-refractivity contribution < 1.29 is 9.90 Å². The molecule has 2 aromatic heterocycles. The third-order valence-electron chi connectivity index (χ3n) is 3.33. The fourth-order valence-corrected chi connectivity index (χ4v) is 2.51. The Hall–Kier alpha value is -2.40. The molecule has 0 atom stereocenters. The highest BCUT2D eigenvalue weighted by Gasteiger charge is 2.12. The number of aryl methyl sites for hydroxylation is 1. The number of H-pyrrole nitrogens is 1. The molecule has 0 aliphatic carbocycles. The highest BCUT2D eigenvalue weighted by atomic mass is 35.5. The summed E-state index contributed by atoms with van der Waals surface area (Å²) in [6.07, 6.45) is 2.37. The number of nitrogens with zero attached hydrogens (tertiary/aromatic N) is 2. The Balaban J connectivity index is 2.10. The van der Waals surface area contributed by atoms with Crippen molar-refractivity contribution in [2.24, 2.45) is 0 Å². The van der Waals surface area contributed by atoms with E-state index in [9.17, 15) is 4.79 Å². The summed E-state index contributed by atoms with van der Waals surface area (Å²) in [4.78, 5) is 22.7. The fraction of sp³-hybridized carbons (Fsp3) is 0.133. The summed E-state index contributed by atoms with van der Waals surface area (Å²) in [6.45, 7) is 2.02. The van der Waals surface area contributed by atoms with Gasteiger partial charge in [-0.25, -0.2) is 14.8 Å². The average Bonchev–Trinajstić information content (AvgIpc) is 2.91. The van der Waals surface area contributed by atoms with Gasteiger partial charge in [0.15, 0.2) is 5.65 Å². The van der Waals surface area contributed by atoms with Crippen LogP contribution in [0.3, 0.4) is 0 Å². The number of pyridine rings is 1. The lowest BCUT2D eigenvalue weighted by Gasteiger charge is -2.00. The fourth-order valence-electron chi connectivity index (χ4n) is 2.24. The van der Waals surface area contributed by atoms with Crippen molar-refractivity contribution >= 4 is 28.7 Å². The van der Waals surface area contributed by atoms with E-state index in [1.54, 1.807) is 30.5 Å². The van der Waals surface area contributed by atoms with Gasteiger partial charge < -0.3 is 10.1 Å². The van der Waals surface area contributed by atoms with Crippen molar-refractivity contribution in [2.45, 2.75) is 13.3 Å². The smallest absolute Gasteiger partial charge is 0.335 e. The Morgan fingerprint density at radius 1 is 1.33 bits per heavy atom. The van der Waals surface area contributed by atoms with Gasteiger partial charge in [-0.3, -0.25) is 0 Å². The van der Waals surface area contributed by atoms with Gasteiger partial charge >= 0.3 is 5.97 Å². The normalized spacial score (nSPS) is 11.0. The molecule has 6 heteroatoms. The summed E-state index contributed by atoms with van der Waals surface area (Å²) in [5, 5.41) is 9.52. The van der Waals surface area contributed by atoms with Gasteiger partial charge in [0.2, 0.25) is 0 Å². The van der Waals surface area contributed by atoms with E-state index < -0.39 is 5.97 Å². The van der Waals surface area contributed by atoms with E-state index in [1.807, 2.05) is 6.92 Å². The number of hydrogen-bond donors (Lipinski definition) is 2. The maximum Gasteiger partial charge on any atom is 0.335 e. The zero-order valence-electron chi connectivity index (χ0n) is 11.2. The highest BCUT2D eigenvalue weighted by Crippen LogP contribution is 2.26. The van der Waals surface area contributed by atoms with Crippen molar-refractivity contribution in [3.63, 3.8) is 0 Å². The molecule has 0 saturated heterocycles. The van der Waals surface area contributed by atoms with Gasteiger partial charge in [-0.1, -0.05) is 30.7 Å². The monoisotopic (exact) mass is 301 g/mol. The molecule has 5 nitrogen and oxygen atoms in total. The second kappa shape index (κ2) is 5.18. The quantitative estimate of drug-likeness (QED) is 0.775. The SMILES string of the molecule is CCc1c(Cl)cnc2nc(-c3ccc(C(=O)O)cc3)[nH]c12. The molecule has 0 aliphatic heterocycles. The molecule has 0 saturated carbocycles. The van der Waals surface area contributed by atoms with E-state index in [-0.39, 0.29) is 5.56 Å². The minimum absolute atomic E-state index is 0.241. The number of benzene rings is 1. The van der Waals surface area contributed by atoms with E-state index in [1.165, 1.54) is 0 Å². The first kappa shape index (κ1) is 13.6. The van der Waals surface area contributed by atoms with Crippen LogP contribution in [0.25, 0.3) is 22.6 Å². The number of rotatable bonds is 3. The topological polar surface area (TPSA) is 78.9 Å². The number of imidazole rings is 1. The molecule has 0 radical (unpaired) electrons. The molecule has 2 heterocycles. The summed E-state index contributed by atoms with van der Waals surface area (Å²) >= 11 is 6.14. The molecule has 0 bridgehead atoms. The first-order chi connectivity index (χ1) is 10.1. The van der Waals surface area contributed by atoms with Crippen molar-refractivity contribution in [3.05, 3.63) is 46.6 Å². The molecule has 0 spiro atoms. The standard InChI is InChI=1S/C15H12ClN3O2/c1-2-10-11(16)7-17-14-12(10)18-13(19-14)8-3-5-9(6-4-8)15(20)21/h3-7H,2H2,1H3,(H,20,21)(H,17,18,19). The predicted octanol–water partition coefficient (Wildman–Crippen LogP) is 3.54. The van der Waals surface area contributed by atoms with Gasteiger partial charge in [0.1, 0.15) is 5.82 Å². The first-order valence-electron chi connectivity index (χ1n) is 6.47. The Labute approximate surface area is 125 Å². The van der Waals surface area contributed by atoms with Gasteiger partial charge in [-0.15, -0.1) is 0 Å². The van der Waals surface area contributed by atoms with Crippen LogP contribution in [0.15, 0.2) is 30.5 Å². The van der Waals surface area contributed by atoms with Crippen LogP contribution >= 0.6 is 11.6 Å². The van der Waals surface area contributed by atoms with Crippen LogP contribution in [0.1, 0.15) is 22.8 Å². The largest absolute Gasteiger partial charge is 0.478 e. The van der Waals surface area contributed by atoms with Crippen molar-refractivity contribution in [3.8, 4) is 11.4 Å². The van der Waals surface area contributed by atoms with Crippen molar-refractivity contribution in [2.75, 3.05) is 0 Å². The molecule has 2 N–H and O–H groups in total. The first-order valence-corrected chi connectivity index (χ1v) is 6.84. The zero-order valence-corrected chi connectivity index (χ0v) is 12.0. The summed E-state index contributed by atoms with van der Waals surface area (Å²) in [5.41, 5.74) is 3.44. The van der Waals surface area contributed by atoms with Crippen LogP contribution in [0.2, 0.25) is 5.02 Å². The number of halogens is 1. The van der Waals surface area contributed by atoms with Crippen LogP contribution in [0, 0.1) is 0 Å². The summed E-state index contributed by atoms with van der Waals surface area (Å²) in [7, 11) is 0. The average molecular weight is 302 g/mol. The van der Waals surface area contributed by atoms with Gasteiger partial charge in [0.05, 0.1) is 16.1 Å². The molecular formula is C15H12ClN3O2. The minimum Gasteiger partial charge on any atom is -0.478 e. The molecule has 106 valence electrons. The molecule has 21 heavy (non-hydrogen) atoms. The van der Waals surface area contributed by atoms with Crippen molar-refractivity contribution in [1.29, 1.82) is 0 Å². The number of aromatic amines is 1. The second-order valence-electron chi connectivity index (χ2n) is 4.60. The summed E-state index contributed by atoms with van der Waals surface area (Å²) in [5.74, 6) is -0.306. The van der Waals surface area contributed by atoms with Crippen LogP contribution in [0.4, 0.5) is 0 Å². The third kappa shape index (κ3) is 2.36. The number of aromatic carboxylic acids is 1. The minimum atomic E-state index is -0.951. The summed E-state index contributed by atoms with van der Waals surface area (Å²) < 4.78 is 0. The highest BCUT2D eigenvalue weighted by molar-refractivity contribution is 6.32. The van der Waals surface area contributed by atoms with E-state index >= 15 is 0 Å². The lowest BCUT2D eigenvalue weighted by atomic mass is 10.1. The van der Waals surface area contributed by atoms with Gasteiger partial charge in [-0.05, 0) is 24.1 Å². The Morgan fingerprint density at radius 3 is 2.67 bits per heavy atom. The molecule has 0 fully saturated rings. The lowest BCUT2D eigenvalue weighted by molar-refractivity contribution is 0.0697. The number of aromatic nitrogens is 3. The Bertz CT molecular complexity index is 825. The molecule has 3 rings (SSSR count). The summed E-state index contributed by atoms with van der Waals surface area (Å²) in [6, 6.07) is 6.53. The van der Waals surface area contributed by atoms with Gasteiger partial charge in [0, 0.05) is 11.8 Å². The second-order valence-corrected chi connectivity index (χ2v) is 5.01. The molecular weight excluding hydrogens is 290 g/mol. The van der Waals surface area contributed by atoms with Gasteiger partial charge in [0.25, 0.3) is 0 Å². The molecule has 0 aliphatic rings. The van der Waals surface area contributed by atoms with Crippen LogP contribution in [-0.2, 0) is 6.42 Å². The van der Waals surface area contributed by atoms with Crippen LogP contribution in [-0.4, -0.2) is 26.0 Å². The predicted molar refractivity (Wildman–Crippen MR) is 80.7 cm³/mol. The number of hydrogen-bond acceptors (Lipinski definition) is 3. The molecule has 0 amide bonds. The van der Waals surface area contributed by atoms with Gasteiger partial charge in [-0.2, -0.15) is 0 Å².